The van der Waals surface area contributed by atoms with E-state index in [1.165, 1.54) is 18.1 Å². The Kier molecular flexibility index (Phi) is 3.60. The van der Waals surface area contributed by atoms with Gasteiger partial charge >= 0.3 is 0 Å². The molecule has 3 aromatic rings. The Morgan fingerprint density at radius 2 is 1.72 bits per heavy atom. The lowest BCUT2D eigenvalue weighted by molar-refractivity contribution is 0.101. The third-order valence-electron chi connectivity index (χ3n) is 5.20. The van der Waals surface area contributed by atoms with Crippen molar-refractivity contribution < 1.29 is 9.21 Å². The van der Waals surface area contributed by atoms with Crippen molar-refractivity contribution in [1.29, 1.82) is 0 Å². The third-order valence-corrected chi connectivity index (χ3v) is 5.20. The number of ketones is 1. The van der Waals surface area contributed by atoms with Crippen LogP contribution >= 0.6 is 0 Å². The highest BCUT2D eigenvalue weighted by atomic mass is 16.3. The fourth-order valence-corrected chi connectivity index (χ4v) is 3.95. The van der Waals surface area contributed by atoms with Crippen LogP contribution in [0.5, 0.6) is 0 Å². The lowest BCUT2D eigenvalue weighted by Crippen LogP contribution is -2.14. The molecule has 126 valence electrons. The number of benzene rings is 2. The molecule has 25 heavy (non-hydrogen) atoms. The highest BCUT2D eigenvalue weighted by Gasteiger charge is 2.28. The minimum absolute atomic E-state index is 0.0293. The molecule has 0 unspecified atom stereocenters. The van der Waals surface area contributed by atoms with E-state index < -0.39 is 0 Å². The van der Waals surface area contributed by atoms with E-state index in [-0.39, 0.29) is 17.1 Å². The molecule has 1 aliphatic carbocycles. The van der Waals surface area contributed by atoms with E-state index in [1.54, 1.807) is 6.07 Å². The van der Waals surface area contributed by atoms with Crippen LogP contribution < -0.4 is 5.43 Å². The summed E-state index contributed by atoms with van der Waals surface area (Å²) in [7, 11) is 0. The highest BCUT2D eigenvalue weighted by Crippen LogP contribution is 2.36. The molecule has 3 heteroatoms. The lowest BCUT2D eigenvalue weighted by atomic mass is 9.96. The van der Waals surface area contributed by atoms with Crippen molar-refractivity contribution in [3.63, 3.8) is 0 Å². The van der Waals surface area contributed by atoms with E-state index >= 15 is 0 Å². The fourth-order valence-electron chi connectivity index (χ4n) is 3.95. The molecular weight excluding hydrogens is 312 g/mol. The Bertz CT molecular complexity index is 1050. The second-order valence-electron chi connectivity index (χ2n) is 7.04. The van der Waals surface area contributed by atoms with Crippen LogP contribution in [-0.2, 0) is 12.8 Å². The van der Waals surface area contributed by atoms with Gasteiger partial charge in [-0.25, -0.2) is 0 Å². The lowest BCUT2D eigenvalue weighted by Gasteiger charge is -2.14. The molecule has 3 nitrogen and oxygen atoms in total. The van der Waals surface area contributed by atoms with Gasteiger partial charge in [-0.15, -0.1) is 0 Å². The van der Waals surface area contributed by atoms with Crippen LogP contribution in [0.15, 0.2) is 45.6 Å². The summed E-state index contributed by atoms with van der Waals surface area (Å²) in [5.41, 5.74) is 5.06. The summed E-state index contributed by atoms with van der Waals surface area (Å²) in [5, 5.41) is 0.502. The molecule has 0 N–H and O–H groups in total. The van der Waals surface area contributed by atoms with Gasteiger partial charge in [-0.2, -0.15) is 0 Å². The molecule has 0 spiro atoms. The fraction of sp³-hybridized carbons (Fsp3) is 0.273. The summed E-state index contributed by atoms with van der Waals surface area (Å²) >= 11 is 0. The largest absolute Gasteiger partial charge is 0.459 e. The van der Waals surface area contributed by atoms with Gasteiger partial charge in [0.05, 0.1) is 10.9 Å². The van der Waals surface area contributed by atoms with Crippen LogP contribution in [-0.4, -0.2) is 5.78 Å². The van der Waals surface area contributed by atoms with E-state index in [1.807, 2.05) is 32.0 Å². The Morgan fingerprint density at radius 1 is 1.08 bits per heavy atom. The van der Waals surface area contributed by atoms with E-state index in [0.717, 1.165) is 24.2 Å². The molecule has 0 bridgehead atoms. The smallest absolute Gasteiger partial charge is 0.195 e. The van der Waals surface area contributed by atoms with E-state index in [0.29, 0.717) is 22.1 Å². The Labute approximate surface area is 146 Å². The summed E-state index contributed by atoms with van der Waals surface area (Å²) < 4.78 is 6.22. The molecule has 0 saturated heterocycles. The van der Waals surface area contributed by atoms with Crippen LogP contribution in [0.1, 0.15) is 51.2 Å². The van der Waals surface area contributed by atoms with Gasteiger partial charge in [0.25, 0.3) is 0 Å². The first kappa shape index (κ1) is 15.8. The Hall–Kier alpha value is -2.68. The second-order valence-corrected chi connectivity index (χ2v) is 7.04. The molecule has 1 heterocycles. The van der Waals surface area contributed by atoms with Gasteiger partial charge in [0.2, 0.25) is 0 Å². The normalized spacial score (nSPS) is 14.0. The first-order chi connectivity index (χ1) is 12.0. The van der Waals surface area contributed by atoms with Crippen molar-refractivity contribution in [2.24, 2.45) is 0 Å². The highest BCUT2D eigenvalue weighted by molar-refractivity contribution is 6.05. The quantitative estimate of drug-likeness (QED) is 0.649. The number of aryl methyl sites for hydroxylation is 1. The molecule has 2 aromatic carbocycles. The molecular formula is C22H20O3. The van der Waals surface area contributed by atoms with Crippen molar-refractivity contribution in [1.82, 2.24) is 0 Å². The maximum Gasteiger partial charge on any atom is 0.195 e. The standard InChI is InChI=1S/C22H20O3/c1-12-8-18(14(3)23)22-19(9-12)20(24)13(2)21(25-22)17-10-15-6-4-5-7-16(15)11-17/h4-9,17H,10-11H2,1-3H3. The second kappa shape index (κ2) is 5.69. The zero-order valence-electron chi connectivity index (χ0n) is 14.7. The zero-order valence-corrected chi connectivity index (χ0v) is 14.7. The van der Waals surface area contributed by atoms with Gasteiger partial charge in [0, 0.05) is 11.5 Å². The predicted molar refractivity (Wildman–Crippen MR) is 98.6 cm³/mol. The van der Waals surface area contributed by atoms with Crippen molar-refractivity contribution >= 4 is 16.8 Å². The van der Waals surface area contributed by atoms with Gasteiger partial charge in [-0.1, -0.05) is 24.3 Å². The Morgan fingerprint density at radius 3 is 2.32 bits per heavy atom. The molecule has 4 rings (SSSR count). The van der Waals surface area contributed by atoms with Crippen LogP contribution in [0.3, 0.4) is 0 Å². The molecule has 0 radical (unpaired) electrons. The summed E-state index contributed by atoms with van der Waals surface area (Å²) in [6, 6.07) is 12.0. The zero-order chi connectivity index (χ0) is 17.7. The average Bonchev–Trinajstić information content (AvgIpc) is 3.01. The molecule has 0 atom stereocenters. The first-order valence-corrected chi connectivity index (χ1v) is 8.61. The molecule has 0 amide bonds. The van der Waals surface area contributed by atoms with Crippen molar-refractivity contribution in [3.8, 4) is 0 Å². The minimum Gasteiger partial charge on any atom is -0.459 e. The molecule has 0 fully saturated rings. The van der Waals surface area contributed by atoms with Crippen molar-refractivity contribution in [2.45, 2.75) is 39.5 Å². The van der Waals surface area contributed by atoms with Crippen molar-refractivity contribution in [2.75, 3.05) is 0 Å². The third kappa shape index (κ3) is 2.51. The Balaban J connectivity index is 1.93. The summed E-state index contributed by atoms with van der Waals surface area (Å²) in [4.78, 5) is 25.0. The van der Waals surface area contributed by atoms with Crippen LogP contribution in [0.25, 0.3) is 11.0 Å². The number of fused-ring (bicyclic) bond motifs is 2. The topological polar surface area (TPSA) is 47.3 Å². The van der Waals surface area contributed by atoms with Gasteiger partial charge < -0.3 is 4.42 Å². The number of hydrogen-bond acceptors (Lipinski definition) is 3. The number of Topliss-reactive ketones (excluding diaryl/α,β-unsaturated/α-hetero) is 1. The maximum absolute atomic E-state index is 12.9. The first-order valence-electron chi connectivity index (χ1n) is 8.61. The van der Waals surface area contributed by atoms with Gasteiger partial charge in [0.15, 0.2) is 11.2 Å². The maximum atomic E-state index is 12.9. The summed E-state index contributed by atoms with van der Waals surface area (Å²) in [6.45, 7) is 5.24. The van der Waals surface area contributed by atoms with Gasteiger partial charge in [-0.3, -0.25) is 9.59 Å². The van der Waals surface area contributed by atoms with E-state index in [9.17, 15) is 9.59 Å². The summed E-state index contributed by atoms with van der Waals surface area (Å²) in [6.07, 6.45) is 1.74. The minimum atomic E-state index is -0.0821. The number of rotatable bonds is 2. The number of hydrogen-bond donors (Lipinski definition) is 0. The molecule has 0 saturated carbocycles. The van der Waals surface area contributed by atoms with Crippen LogP contribution in [0.2, 0.25) is 0 Å². The molecule has 1 aromatic heterocycles. The van der Waals surface area contributed by atoms with Gasteiger partial charge in [-0.05, 0) is 62.4 Å². The van der Waals surface area contributed by atoms with Gasteiger partial charge in [0.1, 0.15) is 11.3 Å². The monoisotopic (exact) mass is 332 g/mol. The molecule has 1 aliphatic rings. The van der Waals surface area contributed by atoms with E-state index in [2.05, 4.69) is 12.1 Å². The summed E-state index contributed by atoms with van der Waals surface area (Å²) in [5.74, 6) is 0.789. The van der Waals surface area contributed by atoms with Crippen LogP contribution in [0.4, 0.5) is 0 Å². The number of carbonyl (C=O) groups excluding carboxylic acids is 1. The predicted octanol–water partition coefficient (Wildman–Crippen LogP) is 4.49. The van der Waals surface area contributed by atoms with Crippen molar-refractivity contribution in [3.05, 3.63) is 80.2 Å². The average molecular weight is 332 g/mol. The molecule has 0 aliphatic heterocycles. The van der Waals surface area contributed by atoms with E-state index in [4.69, 9.17) is 4.42 Å². The number of carbonyl (C=O) groups is 1. The SMILES string of the molecule is CC(=O)c1cc(C)cc2c(=O)c(C)c(C3Cc4ccccc4C3)oc12. The van der Waals surface area contributed by atoms with Crippen LogP contribution in [0, 0.1) is 13.8 Å².